The lowest BCUT2D eigenvalue weighted by molar-refractivity contribution is 0.617. The van der Waals surface area contributed by atoms with Gasteiger partial charge in [0.05, 0.1) is 29.3 Å². The van der Waals surface area contributed by atoms with Crippen molar-refractivity contribution in [3.63, 3.8) is 0 Å². The molecule has 3 nitrogen and oxygen atoms in total. The molecule has 0 aliphatic rings. The molecular formula is C14H16FN3. The monoisotopic (exact) mass is 245 g/mol. The Morgan fingerprint density at radius 3 is 2.56 bits per heavy atom. The molecular weight excluding hydrogens is 229 g/mol. The lowest BCUT2D eigenvalue weighted by Gasteiger charge is -2.16. The van der Waals surface area contributed by atoms with E-state index in [2.05, 4.69) is 15.3 Å². The second-order valence-corrected chi connectivity index (χ2v) is 4.35. The average Bonchev–Trinajstić information content (AvgIpc) is 2.33. The molecule has 94 valence electrons. The molecule has 0 saturated heterocycles. The van der Waals surface area contributed by atoms with Gasteiger partial charge in [0.25, 0.3) is 0 Å². The molecule has 0 bridgehead atoms. The number of pyridine rings is 2. The highest BCUT2D eigenvalue weighted by molar-refractivity contribution is 5.49. The van der Waals surface area contributed by atoms with E-state index in [0.29, 0.717) is 0 Å². The van der Waals surface area contributed by atoms with Crippen LogP contribution in [0, 0.1) is 19.7 Å². The fraction of sp³-hybridized carbons (Fsp3) is 0.286. The maximum Gasteiger partial charge on any atom is 0.141 e. The third-order valence-electron chi connectivity index (χ3n) is 2.79. The first-order valence-electron chi connectivity index (χ1n) is 5.88. The molecule has 1 unspecified atom stereocenters. The van der Waals surface area contributed by atoms with Crippen LogP contribution in [0.2, 0.25) is 0 Å². The number of hydrogen-bond donors (Lipinski definition) is 1. The van der Waals surface area contributed by atoms with Gasteiger partial charge in [-0.15, -0.1) is 0 Å². The van der Waals surface area contributed by atoms with Gasteiger partial charge in [0, 0.05) is 5.69 Å². The van der Waals surface area contributed by atoms with Crippen LogP contribution in [0.4, 0.5) is 10.1 Å². The molecule has 1 atom stereocenters. The van der Waals surface area contributed by atoms with Crippen molar-refractivity contribution in [1.29, 1.82) is 0 Å². The molecule has 1 N–H and O–H groups in total. The van der Waals surface area contributed by atoms with Crippen molar-refractivity contribution in [2.24, 2.45) is 0 Å². The van der Waals surface area contributed by atoms with E-state index in [1.54, 1.807) is 6.07 Å². The zero-order valence-corrected chi connectivity index (χ0v) is 10.7. The van der Waals surface area contributed by atoms with Crippen molar-refractivity contribution in [3.05, 3.63) is 53.4 Å². The minimum absolute atomic E-state index is 0.00815. The summed E-state index contributed by atoms with van der Waals surface area (Å²) in [6, 6.07) is 7.07. The van der Waals surface area contributed by atoms with Crippen molar-refractivity contribution in [3.8, 4) is 0 Å². The maximum atomic E-state index is 12.8. The third kappa shape index (κ3) is 2.83. The second-order valence-electron chi connectivity index (χ2n) is 4.35. The first-order valence-corrected chi connectivity index (χ1v) is 5.88. The molecule has 2 aromatic heterocycles. The second kappa shape index (κ2) is 5.12. The Morgan fingerprint density at radius 1 is 1.17 bits per heavy atom. The normalized spacial score (nSPS) is 12.2. The largest absolute Gasteiger partial charge is 0.375 e. The fourth-order valence-corrected chi connectivity index (χ4v) is 1.79. The highest BCUT2D eigenvalue weighted by Gasteiger charge is 2.08. The summed E-state index contributed by atoms with van der Waals surface area (Å²) >= 11 is 0. The van der Waals surface area contributed by atoms with Gasteiger partial charge < -0.3 is 5.32 Å². The minimum atomic E-state index is -0.320. The predicted molar refractivity (Wildman–Crippen MR) is 69.9 cm³/mol. The lowest BCUT2D eigenvalue weighted by atomic mass is 10.2. The Morgan fingerprint density at radius 2 is 1.94 bits per heavy atom. The molecule has 0 fully saturated rings. The van der Waals surface area contributed by atoms with Gasteiger partial charge in [-0.05, 0) is 45.0 Å². The lowest BCUT2D eigenvalue weighted by Crippen LogP contribution is -2.10. The number of nitrogens with one attached hydrogen (secondary N) is 1. The van der Waals surface area contributed by atoms with Crippen molar-refractivity contribution >= 4 is 5.69 Å². The average molecular weight is 245 g/mol. The van der Waals surface area contributed by atoms with Gasteiger partial charge >= 0.3 is 0 Å². The van der Waals surface area contributed by atoms with Gasteiger partial charge in [0.1, 0.15) is 5.82 Å². The van der Waals surface area contributed by atoms with Crippen LogP contribution >= 0.6 is 0 Å². The van der Waals surface area contributed by atoms with Crippen LogP contribution in [0.5, 0.6) is 0 Å². The first-order chi connectivity index (χ1) is 8.56. The number of hydrogen-bond acceptors (Lipinski definition) is 3. The van der Waals surface area contributed by atoms with Gasteiger partial charge in [-0.1, -0.05) is 0 Å². The van der Waals surface area contributed by atoms with E-state index in [1.165, 1.54) is 12.3 Å². The fourth-order valence-electron chi connectivity index (χ4n) is 1.79. The van der Waals surface area contributed by atoms with E-state index in [-0.39, 0.29) is 11.9 Å². The van der Waals surface area contributed by atoms with E-state index < -0.39 is 0 Å². The summed E-state index contributed by atoms with van der Waals surface area (Å²) in [6.45, 7) is 5.90. The van der Waals surface area contributed by atoms with Gasteiger partial charge in [0.2, 0.25) is 0 Å². The number of rotatable bonds is 3. The molecule has 0 amide bonds. The number of aryl methyl sites for hydroxylation is 2. The first kappa shape index (κ1) is 12.5. The molecule has 18 heavy (non-hydrogen) atoms. The maximum absolute atomic E-state index is 12.8. The zero-order chi connectivity index (χ0) is 13.1. The Kier molecular flexibility index (Phi) is 3.55. The van der Waals surface area contributed by atoms with Crippen LogP contribution in [-0.2, 0) is 0 Å². The summed E-state index contributed by atoms with van der Waals surface area (Å²) in [5, 5.41) is 3.33. The quantitative estimate of drug-likeness (QED) is 0.900. The molecule has 0 spiro atoms. The molecule has 2 heterocycles. The van der Waals surface area contributed by atoms with E-state index in [9.17, 15) is 4.39 Å². The van der Waals surface area contributed by atoms with Gasteiger partial charge in [-0.25, -0.2) is 4.39 Å². The molecule has 0 aliphatic carbocycles. The van der Waals surface area contributed by atoms with Gasteiger partial charge in [-0.2, -0.15) is 0 Å². The van der Waals surface area contributed by atoms with Crippen molar-refractivity contribution in [2.75, 3.05) is 5.32 Å². The van der Waals surface area contributed by atoms with E-state index >= 15 is 0 Å². The predicted octanol–water partition coefficient (Wildman–Crippen LogP) is 3.41. The van der Waals surface area contributed by atoms with Crippen LogP contribution in [0.15, 0.2) is 30.5 Å². The summed E-state index contributed by atoms with van der Waals surface area (Å²) in [4.78, 5) is 8.46. The topological polar surface area (TPSA) is 37.8 Å². The molecule has 0 radical (unpaired) electrons. The zero-order valence-electron chi connectivity index (χ0n) is 10.7. The molecule has 0 aliphatic heterocycles. The smallest absolute Gasteiger partial charge is 0.141 e. The van der Waals surface area contributed by atoms with E-state index in [0.717, 1.165) is 22.8 Å². The van der Waals surface area contributed by atoms with Gasteiger partial charge in [-0.3, -0.25) is 9.97 Å². The van der Waals surface area contributed by atoms with Crippen LogP contribution in [0.25, 0.3) is 0 Å². The van der Waals surface area contributed by atoms with Crippen molar-refractivity contribution < 1.29 is 4.39 Å². The molecule has 2 aromatic rings. The van der Waals surface area contributed by atoms with E-state index in [4.69, 9.17) is 0 Å². The van der Waals surface area contributed by atoms with E-state index in [1.807, 2.05) is 32.9 Å². The highest BCUT2D eigenvalue weighted by Crippen LogP contribution is 2.20. The SMILES string of the molecule is Cc1ccc(NC(C)c2ccc(F)cn2)c(C)n1. The van der Waals surface area contributed by atoms with Crippen molar-refractivity contribution in [1.82, 2.24) is 9.97 Å². The summed E-state index contributed by atoms with van der Waals surface area (Å²) < 4.78 is 12.8. The van der Waals surface area contributed by atoms with Gasteiger partial charge in [0.15, 0.2) is 0 Å². The Labute approximate surface area is 106 Å². The van der Waals surface area contributed by atoms with Crippen molar-refractivity contribution in [2.45, 2.75) is 26.8 Å². The Hall–Kier alpha value is -1.97. The molecule has 2 rings (SSSR count). The minimum Gasteiger partial charge on any atom is -0.375 e. The third-order valence-corrected chi connectivity index (χ3v) is 2.79. The molecule has 0 aromatic carbocycles. The number of aromatic nitrogens is 2. The standard InChI is InChI=1S/C14H16FN3/c1-9-4-6-14(11(3)17-9)18-10(2)13-7-5-12(15)8-16-13/h4-8,10,18H,1-3H3. The molecule has 4 heteroatoms. The summed E-state index contributed by atoms with van der Waals surface area (Å²) in [7, 11) is 0. The Balaban J connectivity index is 2.15. The van der Waals surface area contributed by atoms with Crippen LogP contribution in [0.3, 0.4) is 0 Å². The van der Waals surface area contributed by atoms with Crippen LogP contribution in [0.1, 0.15) is 30.0 Å². The summed E-state index contributed by atoms with van der Waals surface area (Å²) in [6.07, 6.45) is 1.23. The number of anilines is 1. The Bertz CT molecular complexity index is 537. The number of nitrogens with zero attached hydrogens (tertiary/aromatic N) is 2. The summed E-state index contributed by atoms with van der Waals surface area (Å²) in [5.74, 6) is -0.320. The number of halogens is 1. The van der Waals surface area contributed by atoms with Crippen LogP contribution in [-0.4, -0.2) is 9.97 Å². The molecule has 0 saturated carbocycles. The summed E-state index contributed by atoms with van der Waals surface area (Å²) in [5.41, 5.74) is 3.71. The van der Waals surface area contributed by atoms with Crippen LogP contribution < -0.4 is 5.32 Å². The highest BCUT2D eigenvalue weighted by atomic mass is 19.1.